The van der Waals surface area contributed by atoms with Gasteiger partial charge in [-0.15, -0.1) is 0 Å². The van der Waals surface area contributed by atoms with Gasteiger partial charge >= 0.3 is 6.03 Å². The zero-order valence-corrected chi connectivity index (χ0v) is 9.10. The lowest BCUT2D eigenvalue weighted by molar-refractivity contribution is -0.119. The van der Waals surface area contributed by atoms with Crippen LogP contribution in [0.4, 0.5) is 4.79 Å². The van der Waals surface area contributed by atoms with Gasteiger partial charge in [0.05, 0.1) is 0 Å². The monoisotopic (exact) mass is 219 g/mol. The van der Waals surface area contributed by atoms with E-state index in [-0.39, 0.29) is 5.91 Å². The minimum Gasteiger partial charge on any atom is -0.351 e. The Morgan fingerprint density at radius 2 is 2.14 bits per heavy atom. The minimum absolute atomic E-state index is 0.310. The summed E-state index contributed by atoms with van der Waals surface area (Å²) in [6.45, 7) is 2.71. The number of carbonyl (C=O) groups excluding carboxylic acids is 2. The lowest BCUT2D eigenvalue weighted by Gasteiger charge is -2.06. The molecule has 0 aromatic heterocycles. The molecule has 0 aromatic carbocycles. The maximum Gasteiger partial charge on any atom is 0.318 e. The predicted molar refractivity (Wildman–Crippen MR) is 57.9 cm³/mol. The van der Waals surface area contributed by atoms with E-state index in [0.29, 0.717) is 24.6 Å². The van der Waals surface area contributed by atoms with Crippen LogP contribution in [0.5, 0.6) is 0 Å². The van der Waals surface area contributed by atoms with Gasteiger partial charge in [-0.3, -0.25) is 10.1 Å². The fraction of sp³-hybridized carbons (Fsp3) is 0.750. The van der Waals surface area contributed by atoms with Crippen molar-refractivity contribution in [2.45, 2.75) is 13.3 Å². The summed E-state index contributed by atoms with van der Waals surface area (Å²) in [4.78, 5) is 21.2. The van der Waals surface area contributed by atoms with Crippen molar-refractivity contribution in [3.8, 4) is 0 Å². The summed E-state index contributed by atoms with van der Waals surface area (Å²) >= 11 is 1.65. The molecule has 0 saturated heterocycles. The molecule has 0 bridgehead atoms. The second kappa shape index (κ2) is 7.64. The van der Waals surface area contributed by atoms with Gasteiger partial charge in [0.25, 0.3) is 0 Å². The topological polar surface area (TPSA) is 98.2 Å². The van der Waals surface area contributed by atoms with Crippen LogP contribution in [-0.2, 0) is 4.79 Å². The van der Waals surface area contributed by atoms with Crippen LogP contribution in [-0.4, -0.2) is 30.0 Å². The zero-order valence-electron chi connectivity index (χ0n) is 8.29. The molecule has 0 aliphatic heterocycles. The molecule has 6 heteroatoms. The minimum atomic E-state index is -0.796. The number of hydrogen-bond donors (Lipinski definition) is 3. The molecular formula is C8H17N3O2S. The molecule has 5 N–H and O–H groups in total. The van der Waals surface area contributed by atoms with Crippen LogP contribution in [0.2, 0.25) is 0 Å². The highest BCUT2D eigenvalue weighted by Gasteiger charge is 2.04. The molecule has 0 heterocycles. The number of urea groups is 1. The average Bonchev–Trinajstić information content (AvgIpc) is 2.10. The van der Waals surface area contributed by atoms with E-state index in [2.05, 4.69) is 6.92 Å². The molecule has 0 aromatic rings. The Hall–Kier alpha value is -0.750. The van der Waals surface area contributed by atoms with E-state index < -0.39 is 6.03 Å². The van der Waals surface area contributed by atoms with Crippen molar-refractivity contribution in [1.29, 1.82) is 0 Å². The largest absolute Gasteiger partial charge is 0.351 e. The molecule has 1 unspecified atom stereocenters. The van der Waals surface area contributed by atoms with Crippen LogP contribution in [0.15, 0.2) is 0 Å². The first-order valence-corrected chi connectivity index (χ1v) is 5.58. The van der Waals surface area contributed by atoms with E-state index in [4.69, 9.17) is 11.5 Å². The van der Waals surface area contributed by atoms with Crippen molar-refractivity contribution in [2.75, 3.05) is 18.1 Å². The van der Waals surface area contributed by atoms with Crippen LogP contribution in [0.3, 0.4) is 0 Å². The highest BCUT2D eigenvalue weighted by Crippen LogP contribution is 2.08. The van der Waals surface area contributed by atoms with Crippen molar-refractivity contribution < 1.29 is 9.59 Å². The molecule has 82 valence electrons. The highest BCUT2D eigenvalue weighted by atomic mass is 32.2. The van der Waals surface area contributed by atoms with Crippen LogP contribution in [0.25, 0.3) is 0 Å². The van der Waals surface area contributed by atoms with Gasteiger partial charge in [0.15, 0.2) is 0 Å². The van der Waals surface area contributed by atoms with E-state index in [9.17, 15) is 9.59 Å². The number of imide groups is 1. The number of rotatable bonds is 6. The summed E-state index contributed by atoms with van der Waals surface area (Å²) in [5.74, 6) is 1.74. The lowest BCUT2D eigenvalue weighted by Crippen LogP contribution is -2.35. The Bertz CT molecular complexity index is 199. The Morgan fingerprint density at radius 3 is 2.64 bits per heavy atom. The molecule has 0 radical (unpaired) electrons. The summed E-state index contributed by atoms with van der Waals surface area (Å²) in [5.41, 5.74) is 10.2. The second-order valence-electron chi connectivity index (χ2n) is 3.08. The van der Waals surface area contributed by atoms with Gasteiger partial charge in [-0.2, -0.15) is 11.8 Å². The fourth-order valence-corrected chi connectivity index (χ4v) is 1.75. The SMILES string of the molecule is CC(CN)CSCCC(=O)NC(N)=O. The van der Waals surface area contributed by atoms with E-state index in [1.807, 2.05) is 5.32 Å². The van der Waals surface area contributed by atoms with Gasteiger partial charge in [0, 0.05) is 12.2 Å². The average molecular weight is 219 g/mol. The molecule has 0 aliphatic rings. The molecule has 0 fully saturated rings. The Kier molecular flexibility index (Phi) is 7.23. The van der Waals surface area contributed by atoms with E-state index in [1.165, 1.54) is 0 Å². The first kappa shape index (κ1) is 13.2. The van der Waals surface area contributed by atoms with Crippen LogP contribution < -0.4 is 16.8 Å². The molecule has 0 spiro atoms. The number of carbonyl (C=O) groups is 2. The molecule has 1 atom stereocenters. The summed E-state index contributed by atoms with van der Waals surface area (Å²) in [6, 6.07) is -0.796. The van der Waals surface area contributed by atoms with Crippen LogP contribution in [0, 0.1) is 5.92 Å². The highest BCUT2D eigenvalue weighted by molar-refractivity contribution is 7.99. The molecule has 3 amide bonds. The van der Waals surface area contributed by atoms with Gasteiger partial charge in [-0.1, -0.05) is 6.92 Å². The van der Waals surface area contributed by atoms with Gasteiger partial charge in [0.2, 0.25) is 5.91 Å². The number of hydrogen-bond acceptors (Lipinski definition) is 4. The van der Waals surface area contributed by atoms with Crippen molar-refractivity contribution in [3.63, 3.8) is 0 Å². The maximum absolute atomic E-state index is 10.9. The molecule has 0 saturated carbocycles. The first-order valence-electron chi connectivity index (χ1n) is 4.43. The number of amides is 3. The predicted octanol–water partition coefficient (Wildman–Crippen LogP) is -0.101. The Morgan fingerprint density at radius 1 is 1.50 bits per heavy atom. The Balaban J connectivity index is 3.36. The molecule has 5 nitrogen and oxygen atoms in total. The normalized spacial score (nSPS) is 12.1. The van der Waals surface area contributed by atoms with Gasteiger partial charge in [-0.25, -0.2) is 4.79 Å². The van der Waals surface area contributed by atoms with Crippen LogP contribution in [0.1, 0.15) is 13.3 Å². The standard InChI is InChI=1S/C8H17N3O2S/c1-6(4-9)5-14-3-2-7(12)11-8(10)13/h6H,2-5,9H2,1H3,(H3,10,11,12,13). The number of thioether (sulfide) groups is 1. The lowest BCUT2D eigenvalue weighted by atomic mass is 10.2. The second-order valence-corrected chi connectivity index (χ2v) is 4.23. The fourth-order valence-electron chi connectivity index (χ4n) is 0.717. The quantitative estimate of drug-likeness (QED) is 0.543. The maximum atomic E-state index is 10.9. The summed E-state index contributed by atoms with van der Waals surface area (Å²) in [6.07, 6.45) is 0.310. The van der Waals surface area contributed by atoms with Crippen molar-refractivity contribution >= 4 is 23.7 Å². The van der Waals surface area contributed by atoms with Gasteiger partial charge < -0.3 is 11.5 Å². The molecule has 0 rings (SSSR count). The number of primary amides is 1. The van der Waals surface area contributed by atoms with E-state index in [1.54, 1.807) is 11.8 Å². The number of nitrogens with two attached hydrogens (primary N) is 2. The van der Waals surface area contributed by atoms with Crippen LogP contribution >= 0.6 is 11.8 Å². The van der Waals surface area contributed by atoms with Gasteiger partial charge in [0.1, 0.15) is 0 Å². The number of nitrogens with one attached hydrogen (secondary N) is 1. The molecule has 14 heavy (non-hydrogen) atoms. The third kappa shape index (κ3) is 7.88. The first-order chi connectivity index (χ1) is 6.56. The molecular weight excluding hydrogens is 202 g/mol. The van der Waals surface area contributed by atoms with Crippen molar-refractivity contribution in [1.82, 2.24) is 5.32 Å². The smallest absolute Gasteiger partial charge is 0.318 e. The summed E-state index contributed by atoms with van der Waals surface area (Å²) in [5, 5.41) is 2.01. The molecule has 0 aliphatic carbocycles. The van der Waals surface area contributed by atoms with Gasteiger partial charge in [-0.05, 0) is 18.2 Å². The van der Waals surface area contributed by atoms with Crippen molar-refractivity contribution in [3.05, 3.63) is 0 Å². The third-order valence-corrected chi connectivity index (χ3v) is 2.84. The van der Waals surface area contributed by atoms with Crippen molar-refractivity contribution in [2.24, 2.45) is 17.4 Å². The summed E-state index contributed by atoms with van der Waals surface area (Å²) in [7, 11) is 0. The Labute approximate surface area is 88.0 Å². The van der Waals surface area contributed by atoms with E-state index >= 15 is 0 Å². The van der Waals surface area contributed by atoms with E-state index in [0.717, 1.165) is 5.75 Å². The third-order valence-electron chi connectivity index (χ3n) is 1.54. The zero-order chi connectivity index (χ0) is 11.0. The summed E-state index contributed by atoms with van der Waals surface area (Å²) < 4.78 is 0.